The molecule has 0 N–H and O–H groups in total. The van der Waals surface area contributed by atoms with Crippen LogP contribution >= 0.6 is 15.9 Å². The van der Waals surface area contributed by atoms with E-state index in [1.807, 2.05) is 0 Å². The Hall–Kier alpha value is -0.550. The van der Waals surface area contributed by atoms with Crippen molar-refractivity contribution in [2.45, 2.75) is 23.7 Å². The van der Waals surface area contributed by atoms with Crippen molar-refractivity contribution in [3.8, 4) is 0 Å². The Bertz CT molecular complexity index is 581. The van der Waals surface area contributed by atoms with Gasteiger partial charge in [-0.1, -0.05) is 5.21 Å². The van der Waals surface area contributed by atoms with Gasteiger partial charge in [-0.05, 0) is 15.9 Å². The molecule has 1 aromatic heterocycles. The third kappa shape index (κ3) is 2.29. The van der Waals surface area contributed by atoms with Gasteiger partial charge in [0.05, 0.1) is 13.2 Å². The Labute approximate surface area is 125 Å². The number of rotatable bonds is 2. The summed E-state index contributed by atoms with van der Waals surface area (Å²) < 4.78 is 39.3. The summed E-state index contributed by atoms with van der Waals surface area (Å²) in [4.78, 5) is 0. The maximum absolute atomic E-state index is 12.6. The second kappa shape index (κ2) is 5.02. The maximum atomic E-state index is 12.6. The van der Waals surface area contributed by atoms with Crippen molar-refractivity contribution in [3.05, 3.63) is 4.60 Å². The van der Waals surface area contributed by atoms with Crippen molar-refractivity contribution in [2.24, 2.45) is 7.05 Å². The predicted octanol–water partition coefficient (Wildman–Crippen LogP) is 0.105. The zero-order valence-corrected chi connectivity index (χ0v) is 13.4. The van der Waals surface area contributed by atoms with E-state index in [4.69, 9.17) is 9.47 Å². The third-order valence-electron chi connectivity index (χ3n) is 3.62. The molecule has 0 aliphatic carbocycles. The lowest BCUT2D eigenvalue weighted by Gasteiger charge is -2.36. The summed E-state index contributed by atoms with van der Waals surface area (Å²) in [5.74, 6) is -0.589. The quantitative estimate of drug-likeness (QED) is 0.737. The summed E-state index contributed by atoms with van der Waals surface area (Å²) in [6.07, 6.45) is 1.07. The van der Waals surface area contributed by atoms with Gasteiger partial charge in [-0.15, -0.1) is 5.10 Å². The first kappa shape index (κ1) is 14.4. The highest BCUT2D eigenvalue weighted by Gasteiger charge is 2.43. The fourth-order valence-corrected chi connectivity index (χ4v) is 5.05. The molecular formula is C10H15BrN4O4S. The zero-order valence-electron chi connectivity index (χ0n) is 11.0. The van der Waals surface area contributed by atoms with E-state index in [1.54, 1.807) is 7.05 Å². The minimum absolute atomic E-state index is 0.0710. The molecule has 1 aromatic rings. The number of ether oxygens (including phenoxy) is 2. The molecule has 2 aliphatic rings. The van der Waals surface area contributed by atoms with Gasteiger partial charge < -0.3 is 9.47 Å². The summed E-state index contributed by atoms with van der Waals surface area (Å²) in [7, 11) is -2.06. The van der Waals surface area contributed by atoms with Gasteiger partial charge in [0, 0.05) is 33.0 Å². The summed E-state index contributed by atoms with van der Waals surface area (Å²) in [6, 6.07) is 0. The molecule has 112 valence electrons. The molecule has 0 unspecified atom stereocenters. The molecule has 20 heavy (non-hydrogen) atoms. The molecule has 2 aliphatic heterocycles. The minimum atomic E-state index is -3.61. The van der Waals surface area contributed by atoms with E-state index in [-0.39, 0.29) is 9.63 Å². The van der Waals surface area contributed by atoms with Gasteiger partial charge in [0.2, 0.25) is 5.03 Å². The van der Waals surface area contributed by atoms with Crippen LogP contribution in [-0.4, -0.2) is 59.8 Å². The first-order chi connectivity index (χ1) is 9.45. The van der Waals surface area contributed by atoms with Gasteiger partial charge in [0.15, 0.2) is 10.4 Å². The van der Waals surface area contributed by atoms with Crippen LogP contribution in [0.15, 0.2) is 9.63 Å². The molecule has 0 radical (unpaired) electrons. The second-order valence-electron chi connectivity index (χ2n) is 4.82. The van der Waals surface area contributed by atoms with Crippen molar-refractivity contribution >= 4 is 26.0 Å². The van der Waals surface area contributed by atoms with E-state index < -0.39 is 15.8 Å². The molecule has 0 atom stereocenters. The van der Waals surface area contributed by atoms with E-state index in [0.29, 0.717) is 39.1 Å². The summed E-state index contributed by atoms with van der Waals surface area (Å²) in [6.45, 7) is 1.87. The first-order valence-corrected chi connectivity index (χ1v) is 8.51. The molecule has 2 fully saturated rings. The normalized spacial score (nSPS) is 23.5. The molecular weight excluding hydrogens is 352 g/mol. The second-order valence-corrected chi connectivity index (χ2v) is 7.43. The Morgan fingerprint density at radius 1 is 1.25 bits per heavy atom. The summed E-state index contributed by atoms with van der Waals surface area (Å²) >= 11 is 3.13. The van der Waals surface area contributed by atoms with Crippen LogP contribution in [0.4, 0.5) is 0 Å². The summed E-state index contributed by atoms with van der Waals surface area (Å²) in [5.41, 5.74) is 0. The van der Waals surface area contributed by atoms with Gasteiger partial charge >= 0.3 is 0 Å². The monoisotopic (exact) mass is 366 g/mol. The molecule has 0 bridgehead atoms. The van der Waals surface area contributed by atoms with E-state index >= 15 is 0 Å². The SMILES string of the molecule is Cn1nnc(Br)c1S(=O)(=O)N1CCC2(CC1)OCCO2. The number of hydrogen-bond donors (Lipinski definition) is 0. The number of aryl methyl sites for hydroxylation is 1. The Balaban J connectivity index is 1.80. The minimum Gasteiger partial charge on any atom is -0.347 e. The fourth-order valence-electron chi connectivity index (χ4n) is 2.57. The summed E-state index contributed by atoms with van der Waals surface area (Å²) in [5, 5.41) is 7.51. The molecule has 0 saturated carbocycles. The Morgan fingerprint density at radius 2 is 1.85 bits per heavy atom. The Morgan fingerprint density at radius 3 is 2.35 bits per heavy atom. The highest BCUT2D eigenvalue weighted by Crippen LogP contribution is 2.34. The van der Waals surface area contributed by atoms with Crippen molar-refractivity contribution in [2.75, 3.05) is 26.3 Å². The fraction of sp³-hybridized carbons (Fsp3) is 0.800. The lowest BCUT2D eigenvalue weighted by Crippen LogP contribution is -2.47. The van der Waals surface area contributed by atoms with Gasteiger partial charge in [-0.3, -0.25) is 0 Å². The number of aromatic nitrogens is 3. The average molecular weight is 367 g/mol. The number of sulfonamides is 1. The molecule has 10 heteroatoms. The topological polar surface area (TPSA) is 86.5 Å². The Kier molecular flexibility index (Phi) is 3.61. The van der Waals surface area contributed by atoms with Gasteiger partial charge in [-0.2, -0.15) is 4.31 Å². The van der Waals surface area contributed by atoms with Crippen molar-refractivity contribution < 1.29 is 17.9 Å². The first-order valence-electron chi connectivity index (χ1n) is 6.28. The van der Waals surface area contributed by atoms with E-state index in [9.17, 15) is 8.42 Å². The number of nitrogens with zero attached hydrogens (tertiary/aromatic N) is 4. The van der Waals surface area contributed by atoms with Crippen LogP contribution in [0.2, 0.25) is 0 Å². The molecule has 2 saturated heterocycles. The van der Waals surface area contributed by atoms with Crippen molar-refractivity contribution in [1.82, 2.24) is 19.3 Å². The van der Waals surface area contributed by atoms with Crippen molar-refractivity contribution in [3.63, 3.8) is 0 Å². The van der Waals surface area contributed by atoms with E-state index in [1.165, 1.54) is 8.99 Å². The number of piperidine rings is 1. The van der Waals surface area contributed by atoms with E-state index in [2.05, 4.69) is 26.2 Å². The molecule has 0 amide bonds. The van der Waals surface area contributed by atoms with Crippen LogP contribution in [0.1, 0.15) is 12.8 Å². The largest absolute Gasteiger partial charge is 0.347 e. The van der Waals surface area contributed by atoms with Crippen LogP contribution in [0.5, 0.6) is 0 Å². The van der Waals surface area contributed by atoms with Crippen LogP contribution in [0.25, 0.3) is 0 Å². The number of hydrogen-bond acceptors (Lipinski definition) is 6. The van der Waals surface area contributed by atoms with Crippen LogP contribution in [0.3, 0.4) is 0 Å². The van der Waals surface area contributed by atoms with Crippen LogP contribution in [-0.2, 0) is 26.5 Å². The molecule has 3 rings (SSSR count). The third-order valence-corrected chi connectivity index (χ3v) is 6.41. The highest BCUT2D eigenvalue weighted by molar-refractivity contribution is 9.10. The number of halogens is 1. The van der Waals surface area contributed by atoms with Gasteiger partial charge in [0.25, 0.3) is 10.0 Å². The molecule has 1 spiro atoms. The molecule has 8 nitrogen and oxygen atoms in total. The van der Waals surface area contributed by atoms with Crippen molar-refractivity contribution in [1.29, 1.82) is 0 Å². The van der Waals surface area contributed by atoms with E-state index in [0.717, 1.165) is 0 Å². The van der Waals surface area contributed by atoms with Crippen LogP contribution in [0, 0.1) is 0 Å². The smallest absolute Gasteiger partial charge is 0.263 e. The molecule has 0 aromatic carbocycles. The van der Waals surface area contributed by atoms with Gasteiger partial charge in [0.1, 0.15) is 0 Å². The predicted molar refractivity (Wildman–Crippen MR) is 71.3 cm³/mol. The zero-order chi connectivity index (χ0) is 14.4. The highest BCUT2D eigenvalue weighted by atomic mass is 79.9. The standard InChI is InChI=1S/C10H15BrN4O4S/c1-14-9(8(11)12-13-14)20(16,17)15-4-2-10(3-5-15)18-6-7-19-10/h2-7H2,1H3. The lowest BCUT2D eigenvalue weighted by atomic mass is 10.1. The van der Waals surface area contributed by atoms with Crippen LogP contribution < -0.4 is 0 Å². The molecule has 3 heterocycles. The average Bonchev–Trinajstić information content (AvgIpc) is 2.98. The van der Waals surface area contributed by atoms with Gasteiger partial charge in [-0.25, -0.2) is 13.1 Å². The maximum Gasteiger partial charge on any atom is 0.263 e. The lowest BCUT2D eigenvalue weighted by molar-refractivity contribution is -0.179.